The Morgan fingerprint density at radius 3 is 2.65 bits per heavy atom. The summed E-state index contributed by atoms with van der Waals surface area (Å²) in [6.07, 6.45) is 6.20. The van der Waals surface area contributed by atoms with E-state index in [9.17, 15) is 19.5 Å². The van der Waals surface area contributed by atoms with E-state index in [1.54, 1.807) is 17.1 Å². The van der Waals surface area contributed by atoms with E-state index in [0.717, 1.165) is 12.0 Å². The van der Waals surface area contributed by atoms with E-state index in [-0.39, 0.29) is 31.6 Å². The number of likely N-dealkylation sites (tertiary alicyclic amines) is 1. The zero-order chi connectivity index (χ0) is 26.6. The number of amides is 2. The van der Waals surface area contributed by atoms with Crippen molar-refractivity contribution >= 4 is 17.8 Å². The summed E-state index contributed by atoms with van der Waals surface area (Å²) in [5, 5.41) is 9.52. The molecule has 3 heterocycles. The summed E-state index contributed by atoms with van der Waals surface area (Å²) in [6.45, 7) is 10.4. The normalized spacial score (nSPS) is 29.7. The minimum absolute atomic E-state index is 0.115. The van der Waals surface area contributed by atoms with Crippen molar-refractivity contribution in [1.29, 1.82) is 0 Å². The third kappa shape index (κ3) is 4.84. The van der Waals surface area contributed by atoms with Gasteiger partial charge in [-0.3, -0.25) is 14.4 Å². The van der Waals surface area contributed by atoms with Crippen LogP contribution < -0.4 is 0 Å². The van der Waals surface area contributed by atoms with Crippen molar-refractivity contribution in [3.63, 3.8) is 0 Å². The molecule has 200 valence electrons. The Morgan fingerprint density at radius 1 is 1.22 bits per heavy atom. The van der Waals surface area contributed by atoms with E-state index in [1.165, 1.54) is 4.90 Å². The van der Waals surface area contributed by atoms with Crippen LogP contribution in [0, 0.1) is 11.8 Å². The van der Waals surface area contributed by atoms with Crippen LogP contribution in [0.1, 0.15) is 44.6 Å². The van der Waals surface area contributed by atoms with Gasteiger partial charge < -0.3 is 24.4 Å². The van der Waals surface area contributed by atoms with Crippen LogP contribution in [0.4, 0.5) is 0 Å². The Balaban J connectivity index is 1.67. The summed E-state index contributed by atoms with van der Waals surface area (Å²) < 4.78 is 12.2. The molecule has 2 amide bonds. The van der Waals surface area contributed by atoms with Gasteiger partial charge in [0.15, 0.2) is 0 Å². The van der Waals surface area contributed by atoms with Gasteiger partial charge in [-0.1, -0.05) is 42.5 Å². The topological polar surface area (TPSA) is 96.4 Å². The molecule has 2 bridgehead atoms. The third-order valence-corrected chi connectivity index (χ3v) is 8.00. The smallest absolute Gasteiger partial charge is 0.312 e. The molecular formula is C29H38N2O6. The molecule has 3 saturated heterocycles. The number of nitrogens with zero attached hydrogens (tertiary/aromatic N) is 2. The minimum atomic E-state index is -1.11. The molecule has 0 aliphatic carbocycles. The number of carbonyl (C=O) groups excluding carboxylic acids is 3. The van der Waals surface area contributed by atoms with Gasteiger partial charge in [-0.15, -0.1) is 13.2 Å². The van der Waals surface area contributed by atoms with Crippen molar-refractivity contribution in [3.8, 4) is 0 Å². The number of rotatable bonds is 13. The molecule has 1 spiro atoms. The van der Waals surface area contributed by atoms with E-state index in [0.29, 0.717) is 38.8 Å². The molecule has 37 heavy (non-hydrogen) atoms. The van der Waals surface area contributed by atoms with E-state index < -0.39 is 35.0 Å². The van der Waals surface area contributed by atoms with Gasteiger partial charge in [0.05, 0.1) is 18.1 Å². The van der Waals surface area contributed by atoms with Crippen molar-refractivity contribution in [2.75, 3.05) is 26.3 Å². The molecule has 4 rings (SSSR count). The molecule has 8 nitrogen and oxygen atoms in total. The summed E-state index contributed by atoms with van der Waals surface area (Å²) in [7, 11) is 0. The first-order valence-electron chi connectivity index (χ1n) is 13.2. The van der Waals surface area contributed by atoms with E-state index >= 15 is 0 Å². The predicted molar refractivity (Wildman–Crippen MR) is 138 cm³/mol. The fourth-order valence-electron chi connectivity index (χ4n) is 6.40. The molecule has 3 fully saturated rings. The number of esters is 1. The Bertz CT molecular complexity index is 1030. The number of aliphatic hydroxyl groups excluding tert-OH is 1. The van der Waals surface area contributed by atoms with Crippen LogP contribution >= 0.6 is 0 Å². The lowest BCUT2D eigenvalue weighted by molar-refractivity contribution is -0.160. The van der Waals surface area contributed by atoms with Gasteiger partial charge in [0.1, 0.15) is 17.6 Å². The molecule has 3 aliphatic heterocycles. The second-order valence-electron chi connectivity index (χ2n) is 10.4. The number of unbranched alkanes of at least 4 members (excludes halogenated alkanes) is 1. The second kappa shape index (κ2) is 11.2. The number of carbonyl (C=O) groups is 3. The summed E-state index contributed by atoms with van der Waals surface area (Å²) in [6, 6.07) is 8.76. The minimum Gasteiger partial charge on any atom is -0.465 e. The zero-order valence-corrected chi connectivity index (χ0v) is 21.6. The maximum Gasteiger partial charge on any atom is 0.312 e. The van der Waals surface area contributed by atoms with Crippen LogP contribution in [0.3, 0.4) is 0 Å². The summed E-state index contributed by atoms with van der Waals surface area (Å²) >= 11 is 0. The third-order valence-electron chi connectivity index (χ3n) is 8.00. The fourth-order valence-corrected chi connectivity index (χ4v) is 6.40. The van der Waals surface area contributed by atoms with Crippen molar-refractivity contribution in [3.05, 3.63) is 61.2 Å². The van der Waals surface area contributed by atoms with Gasteiger partial charge in [0.2, 0.25) is 11.8 Å². The fraction of sp³-hybridized carbons (Fsp3) is 0.552. The monoisotopic (exact) mass is 510 g/mol. The maximum absolute atomic E-state index is 14.2. The predicted octanol–water partition coefficient (Wildman–Crippen LogP) is 2.86. The number of hydrogen-bond acceptors (Lipinski definition) is 6. The first-order valence-corrected chi connectivity index (χ1v) is 13.2. The average Bonchev–Trinajstić information content (AvgIpc) is 3.46. The van der Waals surface area contributed by atoms with Gasteiger partial charge in [-0.2, -0.15) is 0 Å². The number of ether oxygens (including phenoxy) is 2. The number of fused-ring (bicyclic) bond motifs is 1. The van der Waals surface area contributed by atoms with Crippen molar-refractivity contribution in [2.24, 2.45) is 11.8 Å². The standard InChI is InChI=1S/C29H38N2O6/c1-4-6-10-19-36-27(35)23-22-25(33)31(17-11-18-32)24(29(22)15-14-28(23,3)37-29)26(34)30(16-5-2)20-21-12-8-7-9-13-21/h4-5,7-9,12-13,22-24,32H,1-2,6,10-11,14-20H2,3H3/t22-,23+,24?,28-,29?/m0/s1. The van der Waals surface area contributed by atoms with Gasteiger partial charge in [-0.05, 0) is 44.6 Å². The van der Waals surface area contributed by atoms with Gasteiger partial charge in [-0.25, -0.2) is 0 Å². The lowest BCUT2D eigenvalue weighted by Gasteiger charge is -2.36. The number of benzene rings is 1. The van der Waals surface area contributed by atoms with Crippen LogP contribution in [-0.2, 0) is 30.4 Å². The maximum atomic E-state index is 14.2. The molecule has 3 aliphatic rings. The molecule has 5 atom stereocenters. The van der Waals surface area contributed by atoms with E-state index in [2.05, 4.69) is 13.2 Å². The number of allylic oxidation sites excluding steroid dienone is 1. The van der Waals surface area contributed by atoms with Crippen molar-refractivity contribution in [1.82, 2.24) is 9.80 Å². The molecule has 2 unspecified atom stereocenters. The molecule has 1 aromatic carbocycles. The molecule has 0 radical (unpaired) electrons. The first kappa shape index (κ1) is 27.1. The first-order chi connectivity index (χ1) is 17.8. The van der Waals surface area contributed by atoms with Crippen LogP contribution in [0.25, 0.3) is 0 Å². The molecule has 8 heteroatoms. The summed E-state index contributed by atoms with van der Waals surface area (Å²) in [5.41, 5.74) is -1.03. The lowest BCUT2D eigenvalue weighted by Crippen LogP contribution is -2.56. The number of aliphatic hydroxyl groups is 1. The highest BCUT2D eigenvalue weighted by Gasteiger charge is 2.78. The average molecular weight is 511 g/mol. The molecule has 1 aromatic rings. The number of hydrogen-bond donors (Lipinski definition) is 1. The van der Waals surface area contributed by atoms with Gasteiger partial charge >= 0.3 is 5.97 Å². The highest BCUT2D eigenvalue weighted by atomic mass is 16.6. The van der Waals surface area contributed by atoms with Crippen LogP contribution in [-0.4, -0.2) is 76.2 Å². The quantitative estimate of drug-likeness (QED) is 0.249. The Morgan fingerprint density at radius 2 is 1.97 bits per heavy atom. The zero-order valence-electron chi connectivity index (χ0n) is 21.6. The molecule has 0 saturated carbocycles. The highest BCUT2D eigenvalue weighted by molar-refractivity contribution is 5.98. The van der Waals surface area contributed by atoms with Crippen molar-refractivity contribution < 1.29 is 29.0 Å². The Kier molecular flexibility index (Phi) is 8.19. The van der Waals surface area contributed by atoms with Crippen molar-refractivity contribution in [2.45, 2.75) is 62.8 Å². The Labute approximate surface area is 218 Å². The second-order valence-corrected chi connectivity index (χ2v) is 10.4. The SMILES string of the molecule is C=CCCCOC(=O)[C@H]1[C@H]2C(=O)N(CCCO)C(C(=O)N(CC=C)Cc3ccccc3)C23CC[C@]1(C)O3. The van der Waals surface area contributed by atoms with Crippen LogP contribution in [0.5, 0.6) is 0 Å². The molecule has 0 aromatic heterocycles. The van der Waals surface area contributed by atoms with Crippen LogP contribution in [0.15, 0.2) is 55.6 Å². The largest absolute Gasteiger partial charge is 0.465 e. The summed E-state index contributed by atoms with van der Waals surface area (Å²) in [5.74, 6) is -2.54. The lowest BCUT2D eigenvalue weighted by atomic mass is 9.66. The molecule has 1 N–H and O–H groups in total. The van der Waals surface area contributed by atoms with Crippen LogP contribution in [0.2, 0.25) is 0 Å². The van der Waals surface area contributed by atoms with E-state index in [1.807, 2.05) is 37.3 Å². The molecular weight excluding hydrogens is 472 g/mol. The van der Waals surface area contributed by atoms with Gasteiger partial charge in [0.25, 0.3) is 0 Å². The highest BCUT2D eigenvalue weighted by Crippen LogP contribution is 2.63. The summed E-state index contributed by atoms with van der Waals surface area (Å²) in [4.78, 5) is 44.7. The Hall–Kier alpha value is -2.97. The van der Waals surface area contributed by atoms with Gasteiger partial charge in [0, 0.05) is 26.2 Å². The van der Waals surface area contributed by atoms with E-state index in [4.69, 9.17) is 9.47 Å².